The third kappa shape index (κ3) is 4.13. The zero-order chi connectivity index (χ0) is 18.6. The Kier molecular flexibility index (Phi) is 6.37. The summed E-state index contributed by atoms with van der Waals surface area (Å²) < 4.78 is 38.2. The molecule has 6 nitrogen and oxygen atoms in total. The highest BCUT2D eigenvalue weighted by molar-refractivity contribution is 7.89. The molecular formula is C18H27NO5S2. The lowest BCUT2D eigenvalue weighted by molar-refractivity contribution is -0.162. The fourth-order valence-corrected chi connectivity index (χ4v) is 6.34. The van der Waals surface area contributed by atoms with Crippen LogP contribution in [0.25, 0.3) is 0 Å². The predicted molar refractivity (Wildman–Crippen MR) is 99.6 cm³/mol. The number of esters is 1. The molecule has 1 aromatic heterocycles. The Balaban J connectivity index is 1.73. The average Bonchev–Trinajstić information content (AvgIpc) is 3.19. The molecule has 2 saturated heterocycles. The molecule has 1 aromatic rings. The second-order valence-electron chi connectivity index (χ2n) is 7.06. The number of hydrogen-bond acceptors (Lipinski definition) is 6. The first-order valence-corrected chi connectivity index (χ1v) is 11.7. The molecule has 2 fully saturated rings. The highest BCUT2D eigenvalue weighted by atomic mass is 32.2. The highest BCUT2D eigenvalue weighted by Crippen LogP contribution is 2.41. The molecule has 146 valence electrons. The zero-order valence-corrected chi connectivity index (χ0v) is 16.8. The van der Waals surface area contributed by atoms with Crippen LogP contribution in [-0.2, 0) is 24.3 Å². The van der Waals surface area contributed by atoms with Gasteiger partial charge in [0.05, 0.1) is 23.0 Å². The number of sulfonamides is 1. The average molecular weight is 402 g/mol. The molecule has 26 heavy (non-hydrogen) atoms. The largest absolute Gasteiger partial charge is 0.466 e. The topological polar surface area (TPSA) is 72.9 Å². The number of nitrogens with zero attached hydrogens (tertiary/aromatic N) is 1. The fourth-order valence-electron chi connectivity index (χ4n) is 3.88. The Morgan fingerprint density at radius 3 is 2.73 bits per heavy atom. The van der Waals surface area contributed by atoms with Crippen LogP contribution >= 0.6 is 11.3 Å². The molecule has 0 aliphatic carbocycles. The van der Waals surface area contributed by atoms with Gasteiger partial charge in [0.1, 0.15) is 0 Å². The van der Waals surface area contributed by atoms with Crippen molar-refractivity contribution in [2.24, 2.45) is 5.41 Å². The van der Waals surface area contributed by atoms with Gasteiger partial charge in [-0.25, -0.2) is 8.42 Å². The van der Waals surface area contributed by atoms with Crippen LogP contribution < -0.4 is 0 Å². The van der Waals surface area contributed by atoms with E-state index in [1.165, 1.54) is 15.6 Å². The summed E-state index contributed by atoms with van der Waals surface area (Å²) in [6, 6.07) is 1.63. The van der Waals surface area contributed by atoms with E-state index in [0.29, 0.717) is 43.9 Å². The number of carbonyl (C=O) groups is 1. The minimum absolute atomic E-state index is 0.0631. The molecule has 0 aromatic carbocycles. The van der Waals surface area contributed by atoms with Gasteiger partial charge in [-0.05, 0) is 56.9 Å². The van der Waals surface area contributed by atoms with Gasteiger partial charge in [-0.1, -0.05) is 0 Å². The molecule has 0 saturated carbocycles. The number of hydrogen-bond donors (Lipinski definition) is 0. The molecule has 0 bridgehead atoms. The maximum absolute atomic E-state index is 12.7. The Hall–Kier alpha value is -0.960. The molecule has 1 atom stereocenters. The summed E-state index contributed by atoms with van der Waals surface area (Å²) in [5.41, 5.74) is -0.640. The smallest absolute Gasteiger partial charge is 0.312 e. The second-order valence-corrected chi connectivity index (χ2v) is 9.77. The van der Waals surface area contributed by atoms with E-state index in [1.807, 2.05) is 0 Å². The van der Waals surface area contributed by atoms with E-state index in [2.05, 4.69) is 0 Å². The van der Waals surface area contributed by atoms with Crippen molar-refractivity contribution in [3.05, 3.63) is 16.8 Å². The predicted octanol–water partition coefficient (Wildman–Crippen LogP) is 3.04. The molecule has 0 radical (unpaired) electrons. The molecule has 0 N–H and O–H groups in total. The van der Waals surface area contributed by atoms with Crippen LogP contribution in [-0.4, -0.2) is 51.1 Å². The maximum atomic E-state index is 12.7. The lowest BCUT2D eigenvalue weighted by Crippen LogP contribution is -2.48. The Labute approximate surface area is 159 Å². The third-order valence-corrected chi connectivity index (χ3v) is 8.14. The van der Waals surface area contributed by atoms with Crippen molar-refractivity contribution in [1.82, 2.24) is 4.31 Å². The van der Waals surface area contributed by atoms with E-state index in [9.17, 15) is 13.2 Å². The summed E-state index contributed by atoms with van der Waals surface area (Å²) in [6.45, 7) is 3.55. The van der Waals surface area contributed by atoms with Crippen molar-refractivity contribution >= 4 is 27.3 Å². The lowest BCUT2D eigenvalue weighted by Gasteiger charge is -2.41. The Morgan fingerprint density at radius 1 is 1.38 bits per heavy atom. The molecule has 8 heteroatoms. The summed E-state index contributed by atoms with van der Waals surface area (Å²) in [4.78, 5) is 13.1. The Bertz CT molecular complexity index is 687. The summed E-state index contributed by atoms with van der Waals surface area (Å²) >= 11 is 1.37. The van der Waals surface area contributed by atoms with Gasteiger partial charge in [-0.3, -0.25) is 4.79 Å². The van der Waals surface area contributed by atoms with Gasteiger partial charge in [-0.15, -0.1) is 0 Å². The molecule has 3 rings (SSSR count). The first-order valence-electron chi connectivity index (χ1n) is 9.29. The molecule has 3 heterocycles. The van der Waals surface area contributed by atoms with Crippen molar-refractivity contribution in [3.63, 3.8) is 0 Å². The van der Waals surface area contributed by atoms with Crippen LogP contribution in [0.3, 0.4) is 0 Å². The number of thiophene rings is 1. The van der Waals surface area contributed by atoms with Gasteiger partial charge in [0.25, 0.3) is 0 Å². The summed E-state index contributed by atoms with van der Waals surface area (Å²) in [6.07, 6.45) is 4.78. The molecule has 0 unspecified atom stereocenters. The minimum Gasteiger partial charge on any atom is -0.466 e. The van der Waals surface area contributed by atoms with Crippen molar-refractivity contribution in [2.75, 3.05) is 26.3 Å². The van der Waals surface area contributed by atoms with Crippen LogP contribution in [0.4, 0.5) is 0 Å². The molecule has 2 aliphatic rings. The minimum atomic E-state index is -3.48. The van der Waals surface area contributed by atoms with Crippen LogP contribution in [0.5, 0.6) is 0 Å². The third-order valence-electron chi connectivity index (χ3n) is 5.41. The van der Waals surface area contributed by atoms with Gasteiger partial charge < -0.3 is 9.47 Å². The van der Waals surface area contributed by atoms with E-state index in [-0.39, 0.29) is 12.1 Å². The first-order chi connectivity index (χ1) is 12.5. The highest BCUT2D eigenvalue weighted by Gasteiger charge is 2.46. The summed E-state index contributed by atoms with van der Waals surface area (Å²) in [5.74, 6) is -0.207. The summed E-state index contributed by atoms with van der Waals surface area (Å²) in [7, 11) is -3.48. The maximum Gasteiger partial charge on any atom is 0.312 e. The van der Waals surface area contributed by atoms with Gasteiger partial charge >= 0.3 is 5.97 Å². The molecular weight excluding hydrogens is 374 g/mol. The number of carbonyl (C=O) groups excluding carboxylic acids is 1. The standard InChI is InChI=1S/C18H27NO5S2/c1-2-23-17(20)18(13-15-5-3-4-11-24-15)7-9-19(10-8-18)26(21,22)16-6-12-25-14-16/h6,12,14-15H,2-5,7-11,13H2,1H3/t15-/m1/s1. The monoisotopic (exact) mass is 401 g/mol. The summed E-state index contributed by atoms with van der Waals surface area (Å²) in [5, 5.41) is 3.42. The zero-order valence-electron chi connectivity index (χ0n) is 15.2. The number of ether oxygens (including phenoxy) is 2. The SMILES string of the molecule is CCOC(=O)C1(C[C@H]2CCCCO2)CCN(S(=O)(=O)c2ccsc2)CC1. The van der Waals surface area contributed by atoms with Crippen LogP contribution in [0, 0.1) is 5.41 Å². The van der Waals surface area contributed by atoms with Gasteiger partial charge in [0, 0.05) is 25.1 Å². The van der Waals surface area contributed by atoms with Gasteiger partial charge in [-0.2, -0.15) is 15.6 Å². The van der Waals surface area contributed by atoms with Gasteiger partial charge in [0.15, 0.2) is 0 Å². The van der Waals surface area contributed by atoms with E-state index < -0.39 is 15.4 Å². The van der Waals surface area contributed by atoms with Crippen molar-refractivity contribution < 1.29 is 22.7 Å². The Morgan fingerprint density at radius 2 is 2.15 bits per heavy atom. The number of piperidine rings is 1. The van der Waals surface area contributed by atoms with E-state index in [0.717, 1.165) is 25.9 Å². The van der Waals surface area contributed by atoms with E-state index in [1.54, 1.807) is 23.8 Å². The van der Waals surface area contributed by atoms with Gasteiger partial charge in [0.2, 0.25) is 10.0 Å². The second kappa shape index (κ2) is 8.37. The van der Waals surface area contributed by atoms with Crippen LogP contribution in [0.1, 0.15) is 45.4 Å². The molecule has 0 spiro atoms. The molecule has 0 amide bonds. The molecule has 2 aliphatic heterocycles. The van der Waals surface area contributed by atoms with Crippen LogP contribution in [0.2, 0.25) is 0 Å². The number of rotatable bonds is 6. The first kappa shape index (κ1) is 19.8. The van der Waals surface area contributed by atoms with Crippen molar-refractivity contribution in [3.8, 4) is 0 Å². The fraction of sp³-hybridized carbons (Fsp3) is 0.722. The van der Waals surface area contributed by atoms with E-state index in [4.69, 9.17) is 9.47 Å². The van der Waals surface area contributed by atoms with Crippen molar-refractivity contribution in [2.45, 2.75) is 56.4 Å². The lowest BCUT2D eigenvalue weighted by atomic mass is 9.73. The van der Waals surface area contributed by atoms with Crippen LogP contribution in [0.15, 0.2) is 21.7 Å². The van der Waals surface area contributed by atoms with Crippen molar-refractivity contribution in [1.29, 1.82) is 0 Å². The quantitative estimate of drug-likeness (QED) is 0.685. The normalized spacial score (nSPS) is 24.3. The van der Waals surface area contributed by atoms with E-state index >= 15 is 0 Å².